The van der Waals surface area contributed by atoms with E-state index >= 15 is 0 Å². The van der Waals surface area contributed by atoms with E-state index in [9.17, 15) is 17.7 Å². The molecule has 0 heterocycles. The van der Waals surface area contributed by atoms with Crippen LogP contribution in [0, 0.1) is 0 Å². The number of anilines is 1. The zero-order valence-corrected chi connectivity index (χ0v) is 6.94. The first-order valence-electron chi connectivity index (χ1n) is 3.68. The van der Waals surface area contributed by atoms with Gasteiger partial charge in [-0.05, 0) is 12.1 Å². The van der Waals surface area contributed by atoms with Gasteiger partial charge in [0.15, 0.2) is 6.61 Å². The topological polar surface area (TPSA) is 21.3 Å². The summed E-state index contributed by atoms with van der Waals surface area (Å²) in [5.41, 5.74) is 1.11. The lowest BCUT2D eigenvalue weighted by Gasteiger charge is -2.11. The number of hydrogen-bond donors (Lipinski definition) is 1. The molecule has 6 heteroatoms. The van der Waals surface area contributed by atoms with E-state index in [-0.39, 0.29) is 11.4 Å². The second-order valence-electron chi connectivity index (χ2n) is 2.49. The van der Waals surface area contributed by atoms with Crippen LogP contribution < -0.4 is 10.3 Å². The Labute approximate surface area is 77.4 Å². The van der Waals surface area contributed by atoms with Crippen LogP contribution in [0.4, 0.5) is 23.3 Å². The maximum Gasteiger partial charge on any atom is 0.422 e. The summed E-state index contributed by atoms with van der Waals surface area (Å²) < 4.78 is 51.6. The molecule has 1 aromatic rings. The maximum atomic E-state index is 12.0. The Morgan fingerprint density at radius 3 is 2.43 bits per heavy atom. The van der Waals surface area contributed by atoms with Gasteiger partial charge in [-0.2, -0.15) is 13.2 Å². The first kappa shape index (κ1) is 10.6. The van der Waals surface area contributed by atoms with Crippen LogP contribution in [0.5, 0.6) is 5.75 Å². The second-order valence-corrected chi connectivity index (χ2v) is 2.49. The van der Waals surface area contributed by atoms with Crippen molar-refractivity contribution in [1.82, 2.24) is 0 Å². The summed E-state index contributed by atoms with van der Waals surface area (Å²) in [4.78, 5) is 0. The fourth-order valence-corrected chi connectivity index (χ4v) is 0.830. The van der Waals surface area contributed by atoms with Gasteiger partial charge in [-0.3, -0.25) is 0 Å². The lowest BCUT2D eigenvalue weighted by Crippen LogP contribution is -2.19. The molecule has 0 aromatic heterocycles. The minimum absolute atomic E-state index is 0.128. The zero-order valence-electron chi connectivity index (χ0n) is 6.94. The summed E-state index contributed by atoms with van der Waals surface area (Å²) in [6.45, 7) is -1.44. The van der Waals surface area contributed by atoms with Crippen LogP contribution in [0.1, 0.15) is 0 Å². The molecule has 1 N–H and O–H groups in total. The molecule has 0 spiro atoms. The first-order valence-corrected chi connectivity index (χ1v) is 3.68. The van der Waals surface area contributed by atoms with Crippen molar-refractivity contribution in [2.45, 2.75) is 6.18 Å². The molecule has 0 atom stereocenters. The number of rotatable bonds is 3. The number of nitrogens with one attached hydrogen (secondary N) is 1. The lowest BCUT2D eigenvalue weighted by molar-refractivity contribution is -0.153. The Kier molecular flexibility index (Phi) is 3.16. The van der Waals surface area contributed by atoms with E-state index < -0.39 is 12.8 Å². The van der Waals surface area contributed by atoms with Crippen molar-refractivity contribution in [1.29, 1.82) is 0 Å². The van der Waals surface area contributed by atoms with Crippen LogP contribution in [0.25, 0.3) is 0 Å². The average molecular weight is 209 g/mol. The van der Waals surface area contributed by atoms with Crippen LogP contribution in [0.3, 0.4) is 0 Å². The monoisotopic (exact) mass is 209 g/mol. The second kappa shape index (κ2) is 4.17. The first-order chi connectivity index (χ1) is 6.53. The highest BCUT2D eigenvalue weighted by Gasteiger charge is 2.28. The van der Waals surface area contributed by atoms with Gasteiger partial charge in [0.25, 0.3) is 0 Å². The van der Waals surface area contributed by atoms with Crippen LogP contribution in [0.15, 0.2) is 24.3 Å². The van der Waals surface area contributed by atoms with E-state index in [1.54, 1.807) is 0 Å². The van der Waals surface area contributed by atoms with Crippen molar-refractivity contribution in [2.24, 2.45) is 0 Å². The third kappa shape index (κ3) is 3.12. The molecular weight excluding hydrogens is 202 g/mol. The molecule has 2 nitrogen and oxygen atoms in total. The summed E-state index contributed by atoms with van der Waals surface area (Å²) in [5, 5.41) is 0. The minimum atomic E-state index is -4.43. The van der Waals surface area contributed by atoms with Crippen LogP contribution in [-0.4, -0.2) is 12.8 Å². The van der Waals surface area contributed by atoms with Gasteiger partial charge >= 0.3 is 6.18 Å². The molecule has 0 saturated heterocycles. The standard InChI is InChI=1S/C8H7F4NO/c9-8(10,11)5-14-7-4-2-1-3-6(7)13-12/h1-4,13H,5H2. The van der Waals surface area contributed by atoms with E-state index in [2.05, 4.69) is 4.74 Å². The van der Waals surface area contributed by atoms with Gasteiger partial charge in [-0.25, -0.2) is 5.54 Å². The summed E-state index contributed by atoms with van der Waals surface area (Å²) >= 11 is 0. The van der Waals surface area contributed by atoms with Crippen molar-refractivity contribution < 1.29 is 22.4 Å². The van der Waals surface area contributed by atoms with Gasteiger partial charge in [-0.1, -0.05) is 12.1 Å². The molecule has 0 aliphatic rings. The van der Waals surface area contributed by atoms with Crippen molar-refractivity contribution in [3.8, 4) is 5.75 Å². The number of alkyl halides is 3. The summed E-state index contributed by atoms with van der Waals surface area (Å²) in [5.74, 6) is -0.174. The number of hydrogen-bond acceptors (Lipinski definition) is 2. The Hall–Kier alpha value is -1.46. The van der Waals surface area contributed by atoms with E-state index in [4.69, 9.17) is 0 Å². The normalized spacial score (nSPS) is 11.1. The van der Waals surface area contributed by atoms with Crippen LogP contribution in [0.2, 0.25) is 0 Å². The molecule has 78 valence electrons. The highest BCUT2D eigenvalue weighted by atomic mass is 19.4. The van der Waals surface area contributed by atoms with Crippen LogP contribution in [-0.2, 0) is 0 Å². The Balaban J connectivity index is 2.67. The SMILES string of the molecule is FNc1ccccc1OCC(F)(F)F. The van der Waals surface area contributed by atoms with Crippen molar-refractivity contribution in [2.75, 3.05) is 12.1 Å². The third-order valence-corrected chi connectivity index (χ3v) is 1.38. The lowest BCUT2D eigenvalue weighted by atomic mass is 10.3. The van der Waals surface area contributed by atoms with Gasteiger partial charge in [0.05, 0.1) is 0 Å². The van der Waals surface area contributed by atoms with Gasteiger partial charge in [-0.15, -0.1) is 4.48 Å². The number of benzene rings is 1. The summed E-state index contributed by atoms with van der Waals surface area (Å²) in [6.07, 6.45) is -4.43. The molecule has 0 aliphatic carbocycles. The predicted molar refractivity (Wildman–Crippen MR) is 42.7 cm³/mol. The molecule has 1 aromatic carbocycles. The van der Waals surface area contributed by atoms with Gasteiger partial charge < -0.3 is 4.74 Å². The smallest absolute Gasteiger partial charge is 0.422 e. The molecule has 1 rings (SSSR count). The Morgan fingerprint density at radius 2 is 1.86 bits per heavy atom. The number of ether oxygens (including phenoxy) is 1. The molecule has 0 amide bonds. The van der Waals surface area contributed by atoms with E-state index in [1.807, 2.05) is 0 Å². The fourth-order valence-electron chi connectivity index (χ4n) is 0.830. The van der Waals surface area contributed by atoms with Crippen molar-refractivity contribution >= 4 is 5.69 Å². The molecule has 0 radical (unpaired) electrons. The Morgan fingerprint density at radius 1 is 1.21 bits per heavy atom. The molecule has 0 unspecified atom stereocenters. The highest BCUT2D eigenvalue weighted by molar-refractivity contribution is 5.54. The maximum absolute atomic E-state index is 12.0. The molecule has 0 aliphatic heterocycles. The van der Waals surface area contributed by atoms with E-state index in [0.717, 1.165) is 0 Å². The molecule has 0 fully saturated rings. The number of halogens is 4. The van der Waals surface area contributed by atoms with E-state index in [1.165, 1.54) is 29.8 Å². The highest BCUT2D eigenvalue weighted by Crippen LogP contribution is 2.25. The van der Waals surface area contributed by atoms with Crippen molar-refractivity contribution in [3.63, 3.8) is 0 Å². The quantitative estimate of drug-likeness (QED) is 0.610. The average Bonchev–Trinajstić information content (AvgIpc) is 2.14. The largest absolute Gasteiger partial charge is 0.482 e. The summed E-state index contributed by atoms with van der Waals surface area (Å²) in [7, 11) is 0. The zero-order chi connectivity index (χ0) is 10.6. The molecule has 0 bridgehead atoms. The molecule has 14 heavy (non-hydrogen) atoms. The Bertz CT molecular complexity index is 300. The summed E-state index contributed by atoms with van der Waals surface area (Å²) in [6, 6.07) is 5.44. The van der Waals surface area contributed by atoms with Gasteiger partial charge in [0, 0.05) is 0 Å². The molecular formula is C8H7F4NO. The number of para-hydroxylation sites is 2. The van der Waals surface area contributed by atoms with Gasteiger partial charge in [0.2, 0.25) is 0 Å². The van der Waals surface area contributed by atoms with Crippen LogP contribution >= 0.6 is 0 Å². The minimum Gasteiger partial charge on any atom is -0.482 e. The predicted octanol–water partition coefficient (Wildman–Crippen LogP) is 2.92. The van der Waals surface area contributed by atoms with Crippen molar-refractivity contribution in [3.05, 3.63) is 24.3 Å². The fraction of sp³-hybridized carbons (Fsp3) is 0.250. The molecule has 0 saturated carbocycles. The van der Waals surface area contributed by atoms with E-state index in [0.29, 0.717) is 0 Å². The van der Waals surface area contributed by atoms with Gasteiger partial charge in [0.1, 0.15) is 11.4 Å². The third-order valence-electron chi connectivity index (χ3n) is 1.38.